The van der Waals surface area contributed by atoms with Crippen LogP contribution in [0.15, 0.2) is 48.5 Å². The Hall–Kier alpha value is -2.38. The van der Waals surface area contributed by atoms with Crippen LogP contribution in [-0.4, -0.2) is 5.11 Å². The van der Waals surface area contributed by atoms with Crippen LogP contribution in [0.25, 0.3) is 0 Å². The van der Waals surface area contributed by atoms with Crippen molar-refractivity contribution in [3.8, 4) is 6.07 Å². The summed E-state index contributed by atoms with van der Waals surface area (Å²) in [6.45, 7) is 2.10. The van der Waals surface area contributed by atoms with E-state index in [0.717, 1.165) is 17.8 Å². The first-order chi connectivity index (χ1) is 9.72. The minimum atomic E-state index is 0.515. The number of para-hydroxylation sites is 1. The summed E-state index contributed by atoms with van der Waals surface area (Å²) in [5, 5.41) is 15.7. The zero-order valence-electron chi connectivity index (χ0n) is 11.2. The van der Waals surface area contributed by atoms with Crippen LogP contribution in [0.1, 0.15) is 18.1 Å². The number of rotatable bonds is 3. The second-order valence-corrected chi connectivity index (χ2v) is 4.69. The van der Waals surface area contributed by atoms with Crippen molar-refractivity contribution < 1.29 is 0 Å². The Morgan fingerprint density at radius 1 is 1.15 bits per heavy atom. The highest BCUT2D eigenvalue weighted by atomic mass is 32.1. The number of benzene rings is 2. The van der Waals surface area contributed by atoms with Gasteiger partial charge in [-0.15, -0.1) is 0 Å². The van der Waals surface area contributed by atoms with Gasteiger partial charge >= 0.3 is 0 Å². The van der Waals surface area contributed by atoms with Crippen LogP contribution in [0.4, 0.5) is 11.4 Å². The van der Waals surface area contributed by atoms with Crippen molar-refractivity contribution in [3.05, 3.63) is 59.7 Å². The van der Waals surface area contributed by atoms with Crippen LogP contribution in [0.2, 0.25) is 0 Å². The highest BCUT2D eigenvalue weighted by Gasteiger charge is 2.03. The van der Waals surface area contributed by atoms with E-state index in [1.54, 1.807) is 12.1 Å². The molecule has 0 unspecified atom stereocenters. The number of hydrogen-bond acceptors (Lipinski definition) is 2. The average Bonchev–Trinajstić information content (AvgIpc) is 2.48. The second-order valence-electron chi connectivity index (χ2n) is 4.28. The van der Waals surface area contributed by atoms with Gasteiger partial charge in [-0.1, -0.05) is 31.2 Å². The van der Waals surface area contributed by atoms with Crippen molar-refractivity contribution in [1.29, 1.82) is 5.26 Å². The summed E-state index contributed by atoms with van der Waals surface area (Å²) in [6, 6.07) is 17.4. The van der Waals surface area contributed by atoms with E-state index in [0.29, 0.717) is 10.7 Å². The fourth-order valence-corrected chi connectivity index (χ4v) is 2.13. The van der Waals surface area contributed by atoms with E-state index in [1.807, 2.05) is 30.3 Å². The van der Waals surface area contributed by atoms with E-state index in [-0.39, 0.29) is 0 Å². The molecule has 2 aromatic carbocycles. The van der Waals surface area contributed by atoms with Crippen molar-refractivity contribution in [2.24, 2.45) is 0 Å². The molecule has 2 N–H and O–H groups in total. The van der Waals surface area contributed by atoms with Gasteiger partial charge < -0.3 is 10.6 Å². The molecule has 4 heteroatoms. The Morgan fingerprint density at radius 2 is 1.95 bits per heavy atom. The normalized spacial score (nSPS) is 9.60. The average molecular weight is 281 g/mol. The fraction of sp³-hybridized carbons (Fsp3) is 0.125. The highest BCUT2D eigenvalue weighted by Crippen LogP contribution is 2.16. The van der Waals surface area contributed by atoms with Gasteiger partial charge in [0, 0.05) is 11.4 Å². The van der Waals surface area contributed by atoms with E-state index in [2.05, 4.69) is 29.7 Å². The number of nitrogens with one attached hydrogen (secondary N) is 2. The Bertz CT molecular complexity index is 659. The van der Waals surface area contributed by atoms with E-state index in [1.165, 1.54) is 5.56 Å². The zero-order valence-corrected chi connectivity index (χ0v) is 12.0. The molecule has 3 nitrogen and oxygen atoms in total. The van der Waals surface area contributed by atoms with Gasteiger partial charge in [0.25, 0.3) is 0 Å². The fourth-order valence-electron chi connectivity index (χ4n) is 1.90. The molecule has 20 heavy (non-hydrogen) atoms. The van der Waals surface area contributed by atoms with Crippen LogP contribution in [0, 0.1) is 11.3 Å². The Morgan fingerprint density at radius 3 is 2.70 bits per heavy atom. The molecule has 0 aliphatic heterocycles. The molecular weight excluding hydrogens is 266 g/mol. The van der Waals surface area contributed by atoms with Gasteiger partial charge in [0.05, 0.1) is 11.6 Å². The van der Waals surface area contributed by atoms with Crippen molar-refractivity contribution in [2.75, 3.05) is 10.6 Å². The first-order valence-electron chi connectivity index (χ1n) is 6.39. The molecular formula is C16H15N3S. The predicted molar refractivity (Wildman–Crippen MR) is 86.8 cm³/mol. The first-order valence-corrected chi connectivity index (χ1v) is 6.80. The standard InChI is InChI=1S/C16H15N3S/c1-2-13-7-3-4-9-15(13)19-16(20)18-14-8-5-6-12(10-14)11-17/h3-10H,2H2,1H3,(H2,18,19,20). The van der Waals surface area contributed by atoms with Gasteiger partial charge in [0.1, 0.15) is 0 Å². The summed E-state index contributed by atoms with van der Waals surface area (Å²) in [5.74, 6) is 0. The molecule has 0 amide bonds. The number of thiocarbonyl (C=S) groups is 1. The monoisotopic (exact) mass is 281 g/mol. The van der Waals surface area contributed by atoms with Crippen LogP contribution in [-0.2, 0) is 6.42 Å². The molecule has 0 aliphatic rings. The summed E-state index contributed by atoms with van der Waals surface area (Å²) in [4.78, 5) is 0. The van der Waals surface area contributed by atoms with Gasteiger partial charge in [-0.2, -0.15) is 5.26 Å². The van der Waals surface area contributed by atoms with E-state index in [9.17, 15) is 0 Å². The number of nitriles is 1. The lowest BCUT2D eigenvalue weighted by Gasteiger charge is -2.13. The third kappa shape index (κ3) is 3.56. The quantitative estimate of drug-likeness (QED) is 0.837. The van der Waals surface area contributed by atoms with Gasteiger partial charge in [0.15, 0.2) is 5.11 Å². The van der Waals surface area contributed by atoms with Crippen LogP contribution in [0.3, 0.4) is 0 Å². The Labute approximate surface area is 124 Å². The number of nitrogens with zero attached hydrogens (tertiary/aromatic N) is 1. The van der Waals surface area contributed by atoms with E-state index in [4.69, 9.17) is 17.5 Å². The predicted octanol–water partition coefficient (Wildman–Crippen LogP) is 3.93. The molecule has 0 aromatic heterocycles. The zero-order chi connectivity index (χ0) is 14.4. The van der Waals surface area contributed by atoms with Crippen molar-refractivity contribution in [2.45, 2.75) is 13.3 Å². The van der Waals surface area contributed by atoms with Crippen LogP contribution < -0.4 is 10.6 Å². The lowest BCUT2D eigenvalue weighted by molar-refractivity contribution is 1.14. The van der Waals surface area contributed by atoms with Gasteiger partial charge in [-0.25, -0.2) is 0 Å². The molecule has 0 saturated carbocycles. The minimum absolute atomic E-state index is 0.515. The molecule has 0 saturated heterocycles. The van der Waals surface area contributed by atoms with Crippen molar-refractivity contribution in [1.82, 2.24) is 0 Å². The van der Waals surface area contributed by atoms with Crippen molar-refractivity contribution >= 4 is 28.7 Å². The maximum absolute atomic E-state index is 8.87. The highest BCUT2D eigenvalue weighted by molar-refractivity contribution is 7.80. The first kappa shape index (κ1) is 14.0. The summed E-state index contributed by atoms with van der Waals surface area (Å²) >= 11 is 5.30. The SMILES string of the molecule is CCc1ccccc1NC(=S)Nc1cccc(C#N)c1. The van der Waals surface area contributed by atoms with Crippen LogP contribution >= 0.6 is 12.2 Å². The van der Waals surface area contributed by atoms with Crippen molar-refractivity contribution in [3.63, 3.8) is 0 Å². The molecule has 0 radical (unpaired) electrons. The van der Waals surface area contributed by atoms with E-state index < -0.39 is 0 Å². The molecule has 0 aliphatic carbocycles. The molecule has 0 heterocycles. The van der Waals surface area contributed by atoms with Gasteiger partial charge in [-0.05, 0) is 48.5 Å². The lowest BCUT2D eigenvalue weighted by atomic mass is 10.1. The smallest absolute Gasteiger partial charge is 0.175 e. The maximum Gasteiger partial charge on any atom is 0.175 e. The number of aryl methyl sites for hydroxylation is 1. The summed E-state index contributed by atoms with van der Waals surface area (Å²) in [7, 11) is 0. The largest absolute Gasteiger partial charge is 0.332 e. The third-order valence-electron chi connectivity index (χ3n) is 2.90. The molecule has 2 aromatic rings. The Balaban J connectivity index is 2.07. The summed E-state index contributed by atoms with van der Waals surface area (Å²) in [5.41, 5.74) is 3.62. The number of hydrogen-bond donors (Lipinski definition) is 2. The molecule has 2 rings (SSSR count). The molecule has 100 valence electrons. The minimum Gasteiger partial charge on any atom is -0.332 e. The molecule has 0 bridgehead atoms. The summed E-state index contributed by atoms with van der Waals surface area (Å²) < 4.78 is 0. The van der Waals surface area contributed by atoms with Gasteiger partial charge in [0.2, 0.25) is 0 Å². The van der Waals surface area contributed by atoms with Gasteiger partial charge in [-0.3, -0.25) is 0 Å². The molecule has 0 spiro atoms. The molecule has 0 atom stereocenters. The lowest BCUT2D eigenvalue weighted by Crippen LogP contribution is -2.19. The second kappa shape index (κ2) is 6.69. The number of anilines is 2. The topological polar surface area (TPSA) is 47.8 Å². The van der Waals surface area contributed by atoms with Crippen LogP contribution in [0.5, 0.6) is 0 Å². The third-order valence-corrected chi connectivity index (χ3v) is 3.10. The van der Waals surface area contributed by atoms with E-state index >= 15 is 0 Å². The maximum atomic E-state index is 8.87. The Kier molecular flexibility index (Phi) is 4.70. The summed E-state index contributed by atoms with van der Waals surface area (Å²) in [6.07, 6.45) is 0.940. The molecule has 0 fully saturated rings.